The summed E-state index contributed by atoms with van der Waals surface area (Å²) in [6.07, 6.45) is 1.22. The minimum atomic E-state index is -0.555. The van der Waals surface area contributed by atoms with Gasteiger partial charge in [0.25, 0.3) is 0 Å². The average Bonchev–Trinajstić information content (AvgIpc) is 2.83. The molecule has 3 aromatic rings. The maximum atomic E-state index is 10.4. The molecule has 1 N–H and O–H groups in total. The van der Waals surface area contributed by atoms with Gasteiger partial charge >= 0.3 is 0 Å². The molecule has 3 rings (SSSR count). The van der Waals surface area contributed by atoms with Crippen molar-refractivity contribution in [2.24, 2.45) is 0 Å². The molecule has 0 saturated carbocycles. The summed E-state index contributed by atoms with van der Waals surface area (Å²) >= 11 is 1.66. The molecule has 0 radical (unpaired) electrons. The minimum Gasteiger partial charge on any atom is -0.384 e. The minimum absolute atomic E-state index is 0.555. The Morgan fingerprint density at radius 2 is 2.11 bits per heavy atom. The number of thiophene rings is 1. The molecular weight excluding hydrogens is 242 g/mol. The smallest absolute Gasteiger partial charge is 0.105 e. The van der Waals surface area contributed by atoms with Crippen LogP contribution in [0.2, 0.25) is 0 Å². The van der Waals surface area contributed by atoms with Crippen molar-refractivity contribution in [3.8, 4) is 0 Å². The summed E-state index contributed by atoms with van der Waals surface area (Å²) in [5.41, 5.74) is 2.86. The van der Waals surface area contributed by atoms with E-state index < -0.39 is 6.10 Å². The van der Waals surface area contributed by atoms with Gasteiger partial charge in [0.2, 0.25) is 0 Å². The number of aliphatic hydroxyl groups is 1. The zero-order valence-electron chi connectivity index (χ0n) is 10.00. The van der Waals surface area contributed by atoms with Crippen LogP contribution < -0.4 is 0 Å². The van der Waals surface area contributed by atoms with Gasteiger partial charge in [-0.2, -0.15) is 0 Å². The Morgan fingerprint density at radius 3 is 2.89 bits per heavy atom. The van der Waals surface area contributed by atoms with Gasteiger partial charge in [0.1, 0.15) is 6.10 Å². The van der Waals surface area contributed by atoms with Crippen molar-refractivity contribution in [1.82, 2.24) is 4.98 Å². The van der Waals surface area contributed by atoms with Crippen molar-refractivity contribution in [3.63, 3.8) is 0 Å². The Bertz CT molecular complexity index is 690. The van der Waals surface area contributed by atoms with Crippen molar-refractivity contribution in [2.45, 2.75) is 13.0 Å². The van der Waals surface area contributed by atoms with E-state index in [1.807, 2.05) is 48.7 Å². The molecule has 18 heavy (non-hydrogen) atoms. The third kappa shape index (κ3) is 1.92. The van der Waals surface area contributed by atoms with Crippen molar-refractivity contribution in [2.75, 3.05) is 0 Å². The van der Waals surface area contributed by atoms with Crippen LogP contribution in [0.4, 0.5) is 0 Å². The van der Waals surface area contributed by atoms with E-state index in [4.69, 9.17) is 0 Å². The first-order valence-electron chi connectivity index (χ1n) is 5.82. The SMILES string of the molecule is Cc1sccc1C(O)c1ccc2ncccc2c1. The number of aliphatic hydroxyl groups excluding tert-OH is 1. The van der Waals surface area contributed by atoms with Crippen LogP contribution in [0.15, 0.2) is 48.0 Å². The first-order chi connectivity index (χ1) is 8.75. The Labute approximate surface area is 110 Å². The first-order valence-corrected chi connectivity index (χ1v) is 6.70. The highest BCUT2D eigenvalue weighted by Gasteiger charge is 2.14. The molecule has 0 aliphatic heterocycles. The highest BCUT2D eigenvalue weighted by molar-refractivity contribution is 7.10. The van der Waals surface area contributed by atoms with Gasteiger partial charge in [-0.15, -0.1) is 11.3 Å². The number of pyridine rings is 1. The van der Waals surface area contributed by atoms with E-state index in [0.717, 1.165) is 26.9 Å². The van der Waals surface area contributed by atoms with Gasteiger partial charge in [-0.05, 0) is 47.7 Å². The zero-order valence-corrected chi connectivity index (χ0v) is 10.8. The lowest BCUT2D eigenvalue weighted by Gasteiger charge is -2.11. The summed E-state index contributed by atoms with van der Waals surface area (Å²) in [4.78, 5) is 5.44. The van der Waals surface area contributed by atoms with Gasteiger partial charge in [0.05, 0.1) is 5.52 Å². The molecule has 2 aromatic heterocycles. The van der Waals surface area contributed by atoms with E-state index in [1.54, 1.807) is 17.5 Å². The monoisotopic (exact) mass is 255 g/mol. The Balaban J connectivity index is 2.07. The van der Waals surface area contributed by atoms with E-state index in [9.17, 15) is 5.11 Å². The molecule has 0 fully saturated rings. The Kier molecular flexibility index (Phi) is 2.86. The topological polar surface area (TPSA) is 33.1 Å². The van der Waals surface area contributed by atoms with E-state index >= 15 is 0 Å². The summed E-state index contributed by atoms with van der Waals surface area (Å²) in [6.45, 7) is 2.03. The molecule has 90 valence electrons. The summed E-state index contributed by atoms with van der Waals surface area (Å²) in [7, 11) is 0. The quantitative estimate of drug-likeness (QED) is 0.757. The fourth-order valence-electron chi connectivity index (χ4n) is 2.12. The average molecular weight is 255 g/mol. The molecule has 3 heteroatoms. The molecule has 2 nitrogen and oxygen atoms in total. The lowest BCUT2D eigenvalue weighted by Crippen LogP contribution is -1.99. The Hall–Kier alpha value is -1.71. The predicted molar refractivity (Wildman–Crippen MR) is 74.9 cm³/mol. The number of rotatable bonds is 2. The van der Waals surface area contributed by atoms with Gasteiger partial charge in [-0.25, -0.2) is 0 Å². The predicted octanol–water partition coefficient (Wildman–Crippen LogP) is 3.69. The van der Waals surface area contributed by atoms with E-state index in [1.165, 1.54) is 0 Å². The molecule has 2 heterocycles. The molecule has 0 amide bonds. The normalized spacial score (nSPS) is 12.8. The van der Waals surface area contributed by atoms with E-state index in [2.05, 4.69) is 4.98 Å². The van der Waals surface area contributed by atoms with Crippen LogP contribution in [-0.2, 0) is 0 Å². The number of nitrogens with zero attached hydrogens (tertiary/aromatic N) is 1. The lowest BCUT2D eigenvalue weighted by molar-refractivity contribution is 0.220. The number of hydrogen-bond donors (Lipinski definition) is 1. The van der Waals surface area contributed by atoms with Gasteiger partial charge in [-0.3, -0.25) is 4.98 Å². The van der Waals surface area contributed by atoms with Crippen LogP contribution in [0, 0.1) is 6.92 Å². The number of fused-ring (bicyclic) bond motifs is 1. The number of hydrogen-bond acceptors (Lipinski definition) is 3. The van der Waals surface area contributed by atoms with Gasteiger partial charge in [0, 0.05) is 16.5 Å². The molecular formula is C15H13NOS. The highest BCUT2D eigenvalue weighted by atomic mass is 32.1. The van der Waals surface area contributed by atoms with E-state index in [0.29, 0.717) is 0 Å². The number of benzene rings is 1. The van der Waals surface area contributed by atoms with Gasteiger partial charge in [0.15, 0.2) is 0 Å². The second kappa shape index (κ2) is 4.52. The standard InChI is InChI=1S/C15H13NOS/c1-10-13(6-8-18-10)15(17)12-4-5-14-11(9-12)3-2-7-16-14/h2-9,15,17H,1H3. The zero-order chi connectivity index (χ0) is 12.5. The van der Waals surface area contributed by atoms with Crippen LogP contribution >= 0.6 is 11.3 Å². The van der Waals surface area contributed by atoms with Crippen LogP contribution in [0.3, 0.4) is 0 Å². The largest absolute Gasteiger partial charge is 0.384 e. The molecule has 1 unspecified atom stereocenters. The van der Waals surface area contributed by atoms with Gasteiger partial charge in [-0.1, -0.05) is 12.1 Å². The first kappa shape index (κ1) is 11.4. The Morgan fingerprint density at radius 1 is 1.22 bits per heavy atom. The second-order valence-electron chi connectivity index (χ2n) is 4.29. The van der Waals surface area contributed by atoms with Crippen molar-refractivity contribution < 1.29 is 5.11 Å². The molecule has 1 aromatic carbocycles. The van der Waals surface area contributed by atoms with Crippen LogP contribution in [0.25, 0.3) is 10.9 Å². The highest BCUT2D eigenvalue weighted by Crippen LogP contribution is 2.29. The maximum absolute atomic E-state index is 10.4. The van der Waals surface area contributed by atoms with E-state index in [-0.39, 0.29) is 0 Å². The molecule has 0 saturated heterocycles. The molecule has 0 bridgehead atoms. The van der Waals surface area contributed by atoms with Crippen LogP contribution in [0.5, 0.6) is 0 Å². The number of aromatic nitrogens is 1. The summed E-state index contributed by atoms with van der Waals surface area (Å²) in [5.74, 6) is 0. The van der Waals surface area contributed by atoms with Crippen LogP contribution in [0.1, 0.15) is 22.1 Å². The van der Waals surface area contributed by atoms with Crippen molar-refractivity contribution >= 4 is 22.2 Å². The van der Waals surface area contributed by atoms with Crippen molar-refractivity contribution in [1.29, 1.82) is 0 Å². The van der Waals surface area contributed by atoms with Crippen molar-refractivity contribution in [3.05, 3.63) is 64.0 Å². The summed E-state index contributed by atoms with van der Waals surface area (Å²) < 4.78 is 0. The third-order valence-electron chi connectivity index (χ3n) is 3.14. The fourth-order valence-corrected chi connectivity index (χ4v) is 2.86. The maximum Gasteiger partial charge on any atom is 0.105 e. The molecule has 1 atom stereocenters. The third-order valence-corrected chi connectivity index (χ3v) is 4.00. The summed E-state index contributed by atoms with van der Waals surface area (Å²) in [6, 6.07) is 11.8. The molecule has 0 aliphatic rings. The summed E-state index contributed by atoms with van der Waals surface area (Å²) in [5, 5.41) is 13.5. The lowest BCUT2D eigenvalue weighted by atomic mass is 10.0. The number of aryl methyl sites for hydroxylation is 1. The second-order valence-corrected chi connectivity index (χ2v) is 5.41. The molecule has 0 spiro atoms. The fraction of sp³-hybridized carbons (Fsp3) is 0.133. The van der Waals surface area contributed by atoms with Crippen LogP contribution in [-0.4, -0.2) is 10.1 Å². The molecule has 0 aliphatic carbocycles. The van der Waals surface area contributed by atoms with Gasteiger partial charge < -0.3 is 5.11 Å².